The SMILES string of the molecule is CC(C)N(CC1CCCCN1)c1ccc2c(n1)CCC2. The first kappa shape index (κ1) is 13.9. The topological polar surface area (TPSA) is 28.2 Å². The Kier molecular flexibility index (Phi) is 4.25. The number of piperidine rings is 1. The summed E-state index contributed by atoms with van der Waals surface area (Å²) in [5, 5.41) is 3.66. The van der Waals surface area contributed by atoms with Crippen LogP contribution in [0.25, 0.3) is 0 Å². The van der Waals surface area contributed by atoms with Crippen molar-refractivity contribution in [3.05, 3.63) is 23.4 Å². The van der Waals surface area contributed by atoms with Gasteiger partial charge in [-0.05, 0) is 64.1 Å². The standard InChI is InChI=1S/C17H27N3/c1-13(2)20(12-15-7-3-4-11-18-15)17-10-9-14-6-5-8-16(14)19-17/h9-10,13,15,18H,3-8,11-12H2,1-2H3. The minimum absolute atomic E-state index is 0.505. The van der Waals surface area contributed by atoms with Gasteiger partial charge in [-0.2, -0.15) is 0 Å². The molecule has 1 fully saturated rings. The lowest BCUT2D eigenvalue weighted by Gasteiger charge is -2.34. The van der Waals surface area contributed by atoms with Crippen LogP contribution in [0, 0.1) is 0 Å². The van der Waals surface area contributed by atoms with E-state index in [0.29, 0.717) is 12.1 Å². The maximum atomic E-state index is 4.94. The van der Waals surface area contributed by atoms with Crippen molar-refractivity contribution in [2.24, 2.45) is 0 Å². The zero-order valence-electron chi connectivity index (χ0n) is 12.9. The highest BCUT2D eigenvalue weighted by Crippen LogP contribution is 2.25. The van der Waals surface area contributed by atoms with E-state index in [2.05, 4.69) is 36.2 Å². The second kappa shape index (κ2) is 6.13. The number of pyridine rings is 1. The fourth-order valence-corrected chi connectivity index (χ4v) is 3.46. The number of anilines is 1. The Morgan fingerprint density at radius 2 is 2.15 bits per heavy atom. The summed E-state index contributed by atoms with van der Waals surface area (Å²) in [6.07, 6.45) is 7.65. The molecule has 1 aromatic heterocycles. The molecule has 1 aromatic rings. The predicted octanol–water partition coefficient (Wildman–Crippen LogP) is 2.93. The van der Waals surface area contributed by atoms with Crippen molar-refractivity contribution in [2.75, 3.05) is 18.0 Å². The molecular formula is C17H27N3. The van der Waals surface area contributed by atoms with Crippen LogP contribution < -0.4 is 10.2 Å². The molecule has 0 aromatic carbocycles. The molecule has 1 saturated heterocycles. The van der Waals surface area contributed by atoms with Gasteiger partial charge in [0.2, 0.25) is 0 Å². The monoisotopic (exact) mass is 273 g/mol. The highest BCUT2D eigenvalue weighted by Gasteiger charge is 2.21. The van der Waals surface area contributed by atoms with Crippen LogP contribution in [0.15, 0.2) is 12.1 Å². The van der Waals surface area contributed by atoms with Crippen molar-refractivity contribution in [3.8, 4) is 0 Å². The minimum atomic E-state index is 0.505. The molecule has 0 amide bonds. The van der Waals surface area contributed by atoms with E-state index in [1.807, 2.05) is 0 Å². The minimum Gasteiger partial charge on any atom is -0.353 e. The summed E-state index contributed by atoms with van der Waals surface area (Å²) in [4.78, 5) is 7.41. The zero-order valence-corrected chi connectivity index (χ0v) is 12.9. The van der Waals surface area contributed by atoms with Crippen LogP contribution in [-0.4, -0.2) is 30.2 Å². The Morgan fingerprint density at radius 3 is 2.90 bits per heavy atom. The molecule has 3 nitrogen and oxygen atoms in total. The van der Waals surface area contributed by atoms with Gasteiger partial charge in [-0.3, -0.25) is 0 Å². The van der Waals surface area contributed by atoms with Crippen LogP contribution in [-0.2, 0) is 12.8 Å². The van der Waals surface area contributed by atoms with Crippen molar-refractivity contribution in [2.45, 2.75) is 64.5 Å². The molecule has 20 heavy (non-hydrogen) atoms. The summed E-state index contributed by atoms with van der Waals surface area (Å²) in [7, 11) is 0. The van der Waals surface area contributed by atoms with Gasteiger partial charge in [0.15, 0.2) is 0 Å². The van der Waals surface area contributed by atoms with Gasteiger partial charge in [0.25, 0.3) is 0 Å². The second-order valence-corrected chi connectivity index (χ2v) is 6.52. The molecule has 2 heterocycles. The number of rotatable bonds is 4. The Labute approximate surface area is 122 Å². The third-order valence-corrected chi connectivity index (χ3v) is 4.66. The van der Waals surface area contributed by atoms with E-state index in [1.54, 1.807) is 0 Å². The Bertz CT molecular complexity index is 450. The third-order valence-electron chi connectivity index (χ3n) is 4.66. The predicted molar refractivity (Wildman–Crippen MR) is 84.4 cm³/mol. The van der Waals surface area contributed by atoms with Crippen molar-refractivity contribution in [1.82, 2.24) is 10.3 Å². The Hall–Kier alpha value is -1.09. The van der Waals surface area contributed by atoms with Crippen molar-refractivity contribution >= 4 is 5.82 Å². The maximum Gasteiger partial charge on any atom is 0.129 e. The molecule has 3 rings (SSSR count). The van der Waals surface area contributed by atoms with E-state index in [-0.39, 0.29) is 0 Å². The fourth-order valence-electron chi connectivity index (χ4n) is 3.46. The van der Waals surface area contributed by atoms with E-state index in [9.17, 15) is 0 Å². The average Bonchev–Trinajstić information content (AvgIpc) is 2.93. The Morgan fingerprint density at radius 1 is 1.25 bits per heavy atom. The van der Waals surface area contributed by atoms with Gasteiger partial charge in [-0.25, -0.2) is 4.98 Å². The molecule has 1 aliphatic carbocycles. The van der Waals surface area contributed by atoms with Crippen LogP contribution in [0.2, 0.25) is 0 Å². The number of hydrogen-bond donors (Lipinski definition) is 1. The van der Waals surface area contributed by atoms with Gasteiger partial charge in [0.05, 0.1) is 0 Å². The number of fused-ring (bicyclic) bond motifs is 1. The molecule has 0 bridgehead atoms. The van der Waals surface area contributed by atoms with Gasteiger partial charge in [0, 0.05) is 24.3 Å². The number of nitrogens with one attached hydrogen (secondary N) is 1. The van der Waals surface area contributed by atoms with Crippen molar-refractivity contribution in [1.29, 1.82) is 0 Å². The molecule has 0 spiro atoms. The molecule has 110 valence electrons. The highest BCUT2D eigenvalue weighted by molar-refractivity contribution is 5.44. The first-order chi connectivity index (χ1) is 9.74. The summed E-state index contributed by atoms with van der Waals surface area (Å²) >= 11 is 0. The molecule has 1 N–H and O–H groups in total. The molecular weight excluding hydrogens is 246 g/mol. The molecule has 2 aliphatic rings. The number of aromatic nitrogens is 1. The Balaban J connectivity index is 1.75. The zero-order chi connectivity index (χ0) is 13.9. The van der Waals surface area contributed by atoms with Crippen LogP contribution in [0.1, 0.15) is 50.8 Å². The highest BCUT2D eigenvalue weighted by atomic mass is 15.2. The molecule has 3 heteroatoms. The summed E-state index contributed by atoms with van der Waals surface area (Å²) in [6, 6.07) is 5.66. The first-order valence-electron chi connectivity index (χ1n) is 8.23. The van der Waals surface area contributed by atoms with E-state index >= 15 is 0 Å². The van der Waals surface area contributed by atoms with Gasteiger partial charge in [0.1, 0.15) is 5.82 Å². The lowest BCUT2D eigenvalue weighted by molar-refractivity contribution is 0.392. The van der Waals surface area contributed by atoms with Crippen molar-refractivity contribution < 1.29 is 0 Å². The molecule has 0 saturated carbocycles. The molecule has 1 atom stereocenters. The quantitative estimate of drug-likeness (QED) is 0.914. The second-order valence-electron chi connectivity index (χ2n) is 6.52. The number of aryl methyl sites for hydroxylation is 2. The average molecular weight is 273 g/mol. The molecule has 0 radical (unpaired) electrons. The van der Waals surface area contributed by atoms with Crippen LogP contribution in [0.4, 0.5) is 5.82 Å². The third kappa shape index (κ3) is 2.98. The van der Waals surface area contributed by atoms with Gasteiger partial charge < -0.3 is 10.2 Å². The van der Waals surface area contributed by atoms with Crippen molar-refractivity contribution in [3.63, 3.8) is 0 Å². The van der Waals surface area contributed by atoms with Crippen LogP contribution in [0.3, 0.4) is 0 Å². The van der Waals surface area contributed by atoms with Gasteiger partial charge in [-0.15, -0.1) is 0 Å². The number of nitrogens with zero attached hydrogens (tertiary/aromatic N) is 2. The molecule has 1 unspecified atom stereocenters. The smallest absolute Gasteiger partial charge is 0.129 e. The number of hydrogen-bond acceptors (Lipinski definition) is 3. The van der Waals surface area contributed by atoms with E-state index in [0.717, 1.165) is 13.0 Å². The summed E-state index contributed by atoms with van der Waals surface area (Å²) in [5.41, 5.74) is 2.80. The fraction of sp³-hybridized carbons (Fsp3) is 0.706. The normalized spacial score (nSPS) is 22.1. The summed E-state index contributed by atoms with van der Waals surface area (Å²) < 4.78 is 0. The van der Waals surface area contributed by atoms with Gasteiger partial charge in [-0.1, -0.05) is 12.5 Å². The lowest BCUT2D eigenvalue weighted by Crippen LogP contribution is -2.46. The van der Waals surface area contributed by atoms with Crippen LogP contribution in [0.5, 0.6) is 0 Å². The van der Waals surface area contributed by atoms with E-state index < -0.39 is 0 Å². The summed E-state index contributed by atoms with van der Waals surface area (Å²) in [5.74, 6) is 1.17. The van der Waals surface area contributed by atoms with E-state index in [1.165, 1.54) is 55.7 Å². The molecule has 1 aliphatic heterocycles. The largest absolute Gasteiger partial charge is 0.353 e. The van der Waals surface area contributed by atoms with E-state index in [4.69, 9.17) is 4.98 Å². The lowest BCUT2D eigenvalue weighted by atomic mass is 10.0. The first-order valence-corrected chi connectivity index (χ1v) is 8.23. The summed E-state index contributed by atoms with van der Waals surface area (Å²) in [6.45, 7) is 6.81. The van der Waals surface area contributed by atoms with Crippen LogP contribution >= 0.6 is 0 Å². The maximum absolute atomic E-state index is 4.94. The van der Waals surface area contributed by atoms with Gasteiger partial charge >= 0.3 is 0 Å².